The summed E-state index contributed by atoms with van der Waals surface area (Å²) >= 11 is 0. The van der Waals surface area contributed by atoms with E-state index < -0.39 is 33.8 Å². The second-order valence-corrected chi connectivity index (χ2v) is 32.3. The highest BCUT2D eigenvalue weighted by Gasteiger charge is 2.47. The minimum atomic E-state index is -2.57. The third kappa shape index (κ3) is 9.13. The lowest BCUT2D eigenvalue weighted by Gasteiger charge is -2.42. The third-order valence-electron chi connectivity index (χ3n) is 15.6. The molecule has 4 aromatic rings. The molecule has 3 aliphatic heterocycles. The average Bonchev–Trinajstić information content (AvgIpc) is 3.86. The number of halogens is 3. The van der Waals surface area contributed by atoms with Crippen LogP contribution in [0.3, 0.4) is 0 Å². The summed E-state index contributed by atoms with van der Waals surface area (Å²) in [6.45, 7) is 32.9. The molecule has 0 amide bonds. The number of nitrogens with one attached hydrogen (secondary N) is 2. The summed E-state index contributed by atoms with van der Waals surface area (Å²) in [4.78, 5) is 11.9. The van der Waals surface area contributed by atoms with Gasteiger partial charge in [-0.2, -0.15) is 9.97 Å². The van der Waals surface area contributed by atoms with Gasteiger partial charge in [-0.05, 0) is 108 Å². The number of anilines is 1. The summed E-state index contributed by atoms with van der Waals surface area (Å²) in [7, 11) is -4.94. The van der Waals surface area contributed by atoms with Crippen LogP contribution in [-0.2, 0) is 0 Å². The standard InChI is InChI=1S/C53H74F3N5O2Si2/c1-14-15-22-53(23-16-24-57-53)31-62-52-59-50-44(51(60-52)61-29-39-18-19-40(30-61)58-39)28-46(55)48(49(50)56)43-27-41(63-65(35(8)9,36(10)11)37(12)13)26-38-17-20-45(54)42(47(38)43)21-25-64(32(2)3,33(4)5)34(6)7/h14,17,20,26-28,32-37,39-40,57-58H,1,15-16,18-19,22-24,29-31H2,2-13H3/t39-,40+,53?. The monoisotopic (exact) mass is 926 g/mol. The minimum absolute atomic E-state index is 0.0417. The fraction of sp³-hybridized carbons (Fsp3) is 0.585. The Labute approximate surface area is 389 Å². The summed E-state index contributed by atoms with van der Waals surface area (Å²) < 4.78 is 66.2. The largest absolute Gasteiger partial charge is 0.543 e. The van der Waals surface area contributed by atoms with Crippen LogP contribution >= 0.6 is 0 Å². The van der Waals surface area contributed by atoms with Crippen molar-refractivity contribution in [2.75, 3.05) is 31.1 Å². The Hall–Kier alpha value is -3.90. The molecule has 3 saturated heterocycles. The molecule has 12 heteroatoms. The summed E-state index contributed by atoms with van der Waals surface area (Å²) in [6, 6.07) is 8.66. The van der Waals surface area contributed by atoms with Crippen molar-refractivity contribution in [1.29, 1.82) is 0 Å². The van der Waals surface area contributed by atoms with Crippen LogP contribution < -0.4 is 24.7 Å². The van der Waals surface area contributed by atoms with Gasteiger partial charge in [0.1, 0.15) is 43.4 Å². The van der Waals surface area contributed by atoms with Gasteiger partial charge >= 0.3 is 6.01 Å². The van der Waals surface area contributed by atoms with Crippen molar-refractivity contribution < 1.29 is 22.3 Å². The van der Waals surface area contributed by atoms with Crippen LogP contribution in [0.2, 0.25) is 33.2 Å². The van der Waals surface area contributed by atoms with Gasteiger partial charge in [-0.3, -0.25) is 0 Å². The molecule has 3 atom stereocenters. The van der Waals surface area contributed by atoms with Crippen LogP contribution in [0, 0.1) is 28.9 Å². The molecule has 0 aliphatic carbocycles. The zero-order valence-electron chi connectivity index (χ0n) is 41.2. The molecular formula is C53H74F3N5O2Si2. The molecule has 352 valence electrons. The van der Waals surface area contributed by atoms with Crippen molar-refractivity contribution >= 4 is 43.9 Å². The highest BCUT2D eigenvalue weighted by atomic mass is 28.4. The highest BCUT2D eigenvalue weighted by Crippen LogP contribution is 2.47. The first-order valence-electron chi connectivity index (χ1n) is 24.5. The Bertz CT molecular complexity index is 2400. The lowest BCUT2D eigenvalue weighted by atomic mass is 9.92. The molecule has 2 N–H and O–H groups in total. The van der Waals surface area contributed by atoms with E-state index in [1.807, 2.05) is 12.1 Å². The minimum Gasteiger partial charge on any atom is -0.543 e. The second-order valence-electron chi connectivity index (χ2n) is 21.3. The topological polar surface area (TPSA) is 71.5 Å². The lowest BCUT2D eigenvalue weighted by molar-refractivity contribution is 0.177. The molecule has 3 fully saturated rings. The SMILES string of the molecule is C=CCCC1(COc2nc(N3C[C@H]4CC[C@@H](C3)N4)c3cc(F)c(-c4cc(O[Si](C(C)C)(C(C)C)C(C)C)cc5ccc(F)c(C#C[Si](C(C)C)(C(C)C)C(C)C)c45)c(F)c3n2)CCCN1. The second kappa shape index (κ2) is 19.4. The van der Waals surface area contributed by atoms with Gasteiger partial charge in [-0.15, -0.1) is 12.1 Å². The third-order valence-corrected chi connectivity index (χ3v) is 27.9. The molecule has 0 saturated carbocycles. The zero-order chi connectivity index (χ0) is 47.2. The molecule has 0 spiro atoms. The fourth-order valence-corrected chi connectivity index (χ4v) is 22.9. The van der Waals surface area contributed by atoms with Gasteiger partial charge < -0.3 is 24.7 Å². The number of rotatable bonds is 16. The Morgan fingerprint density at radius 3 is 2.08 bits per heavy atom. The number of aromatic nitrogens is 2. The lowest BCUT2D eigenvalue weighted by Crippen LogP contribution is -2.51. The van der Waals surface area contributed by atoms with Gasteiger partial charge in [-0.25, -0.2) is 13.2 Å². The predicted molar refractivity (Wildman–Crippen MR) is 269 cm³/mol. The van der Waals surface area contributed by atoms with Crippen molar-refractivity contribution in [3.63, 3.8) is 0 Å². The number of piperazine rings is 1. The molecule has 3 aliphatic rings. The Kier molecular flexibility index (Phi) is 14.6. The first-order valence-corrected chi connectivity index (χ1v) is 28.8. The van der Waals surface area contributed by atoms with Crippen molar-refractivity contribution in [2.45, 2.75) is 172 Å². The molecule has 1 aromatic heterocycles. The van der Waals surface area contributed by atoms with E-state index in [-0.39, 0.29) is 67.8 Å². The number of fused-ring (bicyclic) bond motifs is 4. The van der Waals surface area contributed by atoms with Crippen molar-refractivity contribution in [3.05, 3.63) is 66.0 Å². The van der Waals surface area contributed by atoms with Crippen LogP contribution in [-0.4, -0.2) is 70.2 Å². The van der Waals surface area contributed by atoms with Crippen LogP contribution in [0.5, 0.6) is 11.8 Å². The summed E-state index contributed by atoms with van der Waals surface area (Å²) in [5.41, 5.74) is 4.97. The Morgan fingerprint density at radius 1 is 0.862 bits per heavy atom. The van der Waals surface area contributed by atoms with E-state index in [2.05, 4.69) is 117 Å². The van der Waals surface area contributed by atoms with Crippen LogP contribution in [0.15, 0.2) is 43.0 Å². The van der Waals surface area contributed by atoms with E-state index in [4.69, 9.17) is 19.1 Å². The summed E-state index contributed by atoms with van der Waals surface area (Å²) in [5, 5.41) is 8.55. The van der Waals surface area contributed by atoms with Crippen molar-refractivity contribution in [2.24, 2.45) is 0 Å². The molecule has 2 bridgehead atoms. The average molecular weight is 926 g/mol. The maximum absolute atomic E-state index is 18.2. The van der Waals surface area contributed by atoms with Gasteiger partial charge in [0.05, 0.1) is 16.7 Å². The van der Waals surface area contributed by atoms with Crippen molar-refractivity contribution in [1.82, 2.24) is 20.6 Å². The van der Waals surface area contributed by atoms with E-state index in [9.17, 15) is 0 Å². The van der Waals surface area contributed by atoms with Crippen LogP contribution in [0.25, 0.3) is 32.8 Å². The van der Waals surface area contributed by atoms with Gasteiger partial charge in [0.25, 0.3) is 8.32 Å². The first-order chi connectivity index (χ1) is 30.8. The molecule has 7 rings (SSSR count). The first kappa shape index (κ1) is 49.0. The number of hydrogen-bond acceptors (Lipinski definition) is 7. The Balaban J connectivity index is 1.51. The van der Waals surface area contributed by atoms with E-state index in [0.717, 1.165) is 45.1 Å². The van der Waals surface area contributed by atoms with E-state index in [0.29, 0.717) is 58.7 Å². The molecule has 65 heavy (non-hydrogen) atoms. The fourth-order valence-electron chi connectivity index (χ4n) is 12.5. The number of ether oxygens (including phenoxy) is 1. The van der Waals surface area contributed by atoms with Crippen molar-refractivity contribution in [3.8, 4) is 34.4 Å². The smallest absolute Gasteiger partial charge is 0.319 e. The van der Waals surface area contributed by atoms with E-state index >= 15 is 13.2 Å². The summed E-state index contributed by atoms with van der Waals surface area (Å²) in [6.07, 6.45) is 7.54. The zero-order valence-corrected chi connectivity index (χ0v) is 43.2. The van der Waals surface area contributed by atoms with Gasteiger partial charge in [0.15, 0.2) is 5.82 Å². The normalized spacial score (nSPS) is 20.4. The molecule has 3 aromatic carbocycles. The molecule has 4 heterocycles. The number of hydrogen-bond donors (Lipinski definition) is 2. The Morgan fingerprint density at radius 2 is 1.51 bits per heavy atom. The van der Waals surface area contributed by atoms with Gasteiger partial charge in [0.2, 0.25) is 0 Å². The highest BCUT2D eigenvalue weighted by molar-refractivity contribution is 6.90. The van der Waals surface area contributed by atoms with Gasteiger partial charge in [0, 0.05) is 41.5 Å². The number of benzene rings is 3. The van der Waals surface area contributed by atoms with Crippen LogP contribution in [0.4, 0.5) is 19.0 Å². The van der Waals surface area contributed by atoms with Crippen LogP contribution in [0.1, 0.15) is 127 Å². The maximum Gasteiger partial charge on any atom is 0.319 e. The van der Waals surface area contributed by atoms with Gasteiger partial charge in [-0.1, -0.05) is 101 Å². The molecule has 1 unspecified atom stereocenters. The van der Waals surface area contributed by atoms with E-state index in [1.54, 1.807) is 12.1 Å². The molecule has 7 nitrogen and oxygen atoms in total. The summed E-state index contributed by atoms with van der Waals surface area (Å²) in [5.74, 6) is 2.15. The number of nitrogens with zero attached hydrogens (tertiary/aromatic N) is 3. The molecular weight excluding hydrogens is 852 g/mol. The quantitative estimate of drug-likeness (QED) is 0.0659. The van der Waals surface area contributed by atoms with E-state index in [1.165, 1.54) is 12.1 Å². The number of allylic oxidation sites excluding steroid dienone is 1. The maximum atomic E-state index is 18.2. The predicted octanol–water partition coefficient (Wildman–Crippen LogP) is 13.4. The molecule has 0 radical (unpaired) electrons.